The molecule has 1 fully saturated rings. The van der Waals surface area contributed by atoms with E-state index in [9.17, 15) is 4.79 Å². The zero-order chi connectivity index (χ0) is 15.4. The lowest BCUT2D eigenvalue weighted by atomic mass is 10.1. The maximum atomic E-state index is 10.9. The number of hydrogen-bond donors (Lipinski definition) is 1. The van der Waals surface area contributed by atoms with E-state index in [1.807, 2.05) is 6.07 Å². The highest BCUT2D eigenvalue weighted by molar-refractivity contribution is 5.93. The third-order valence-electron chi connectivity index (χ3n) is 3.98. The van der Waals surface area contributed by atoms with Crippen molar-refractivity contribution in [3.63, 3.8) is 0 Å². The third-order valence-corrected chi connectivity index (χ3v) is 3.98. The van der Waals surface area contributed by atoms with Crippen LogP contribution in [0.3, 0.4) is 0 Å². The topological polar surface area (TPSA) is 62.7 Å². The first-order valence-corrected chi connectivity index (χ1v) is 7.72. The highest BCUT2D eigenvalue weighted by Gasteiger charge is 2.10. The summed E-state index contributed by atoms with van der Waals surface area (Å²) in [6, 6.07) is 8.56. The van der Waals surface area contributed by atoms with Crippen LogP contribution in [0.1, 0.15) is 29.6 Å². The summed E-state index contributed by atoms with van der Waals surface area (Å²) in [6.07, 6.45) is 3.62. The van der Waals surface area contributed by atoms with Crippen molar-refractivity contribution in [2.75, 3.05) is 26.2 Å². The number of likely N-dealkylation sites (tertiary alicyclic amines) is 1. The standard InChI is InChI=1S/C17H20N2O3.ClH/c20-17(21)14-4-6-15-13(12-14)5-7-16(18-15)22-11-3-10-19-8-1-2-9-19;/h4-7,12H,1-3,8-11H2,(H,20,21);1H. The van der Waals surface area contributed by atoms with Crippen LogP contribution < -0.4 is 4.74 Å². The lowest BCUT2D eigenvalue weighted by Gasteiger charge is -2.14. The maximum Gasteiger partial charge on any atom is 0.335 e. The number of carboxylic acids is 1. The Kier molecular flexibility index (Phi) is 6.19. The largest absolute Gasteiger partial charge is 0.478 e. The van der Waals surface area contributed by atoms with E-state index >= 15 is 0 Å². The van der Waals surface area contributed by atoms with Gasteiger partial charge in [0, 0.05) is 18.0 Å². The molecular formula is C17H21ClN2O3. The van der Waals surface area contributed by atoms with Gasteiger partial charge in [0.15, 0.2) is 0 Å². The van der Waals surface area contributed by atoms with E-state index in [4.69, 9.17) is 9.84 Å². The first-order chi connectivity index (χ1) is 10.7. The number of pyridine rings is 1. The van der Waals surface area contributed by atoms with E-state index in [-0.39, 0.29) is 18.0 Å². The van der Waals surface area contributed by atoms with Gasteiger partial charge in [0.2, 0.25) is 5.88 Å². The molecular weight excluding hydrogens is 316 g/mol. The minimum Gasteiger partial charge on any atom is -0.478 e. The van der Waals surface area contributed by atoms with Gasteiger partial charge in [-0.2, -0.15) is 0 Å². The molecule has 2 heterocycles. The summed E-state index contributed by atoms with van der Waals surface area (Å²) in [5.74, 6) is -0.332. The predicted molar refractivity (Wildman–Crippen MR) is 91.7 cm³/mol. The van der Waals surface area contributed by atoms with Gasteiger partial charge in [0.05, 0.1) is 17.7 Å². The Balaban J connectivity index is 0.00000192. The van der Waals surface area contributed by atoms with Crippen LogP contribution in [-0.2, 0) is 0 Å². The molecule has 0 spiro atoms. The molecule has 0 saturated carbocycles. The van der Waals surface area contributed by atoms with Crippen LogP contribution in [0.5, 0.6) is 5.88 Å². The Morgan fingerprint density at radius 3 is 2.74 bits per heavy atom. The molecule has 6 heteroatoms. The fourth-order valence-electron chi connectivity index (χ4n) is 2.79. The first-order valence-electron chi connectivity index (χ1n) is 7.72. The van der Waals surface area contributed by atoms with Crippen LogP contribution >= 0.6 is 12.4 Å². The number of benzene rings is 1. The van der Waals surface area contributed by atoms with Crippen molar-refractivity contribution < 1.29 is 14.6 Å². The SMILES string of the molecule is Cl.O=C(O)c1ccc2nc(OCCCN3CCCC3)ccc2c1. The van der Waals surface area contributed by atoms with Gasteiger partial charge in [-0.3, -0.25) is 0 Å². The molecule has 0 radical (unpaired) electrons. The molecule has 0 bridgehead atoms. The number of fused-ring (bicyclic) bond motifs is 1. The van der Waals surface area contributed by atoms with Crippen LogP contribution in [0, 0.1) is 0 Å². The van der Waals surface area contributed by atoms with E-state index in [1.54, 1.807) is 24.3 Å². The Morgan fingerprint density at radius 2 is 2.00 bits per heavy atom. The molecule has 1 aromatic carbocycles. The minimum atomic E-state index is -0.927. The summed E-state index contributed by atoms with van der Waals surface area (Å²) in [4.78, 5) is 17.8. The molecule has 1 aromatic heterocycles. The molecule has 1 saturated heterocycles. The maximum absolute atomic E-state index is 10.9. The van der Waals surface area contributed by atoms with Gasteiger partial charge in [-0.25, -0.2) is 9.78 Å². The lowest BCUT2D eigenvalue weighted by molar-refractivity contribution is 0.0697. The van der Waals surface area contributed by atoms with Crippen LogP contribution in [0.25, 0.3) is 10.9 Å². The van der Waals surface area contributed by atoms with Crippen molar-refractivity contribution in [2.24, 2.45) is 0 Å². The average Bonchev–Trinajstić information content (AvgIpc) is 3.04. The third kappa shape index (κ3) is 4.56. The van der Waals surface area contributed by atoms with Crippen LogP contribution in [0.2, 0.25) is 0 Å². The molecule has 124 valence electrons. The van der Waals surface area contributed by atoms with E-state index in [0.717, 1.165) is 23.9 Å². The number of rotatable bonds is 6. The molecule has 0 unspecified atom stereocenters. The monoisotopic (exact) mass is 336 g/mol. The van der Waals surface area contributed by atoms with Crippen molar-refractivity contribution in [3.05, 3.63) is 35.9 Å². The second-order valence-electron chi connectivity index (χ2n) is 5.61. The van der Waals surface area contributed by atoms with E-state index in [2.05, 4.69) is 9.88 Å². The molecule has 3 rings (SSSR count). The molecule has 1 aliphatic heterocycles. The quantitative estimate of drug-likeness (QED) is 0.821. The van der Waals surface area contributed by atoms with Gasteiger partial charge in [0.25, 0.3) is 0 Å². The van der Waals surface area contributed by atoms with Crippen LogP contribution in [0.15, 0.2) is 30.3 Å². The Morgan fingerprint density at radius 1 is 1.22 bits per heavy atom. The summed E-state index contributed by atoms with van der Waals surface area (Å²) in [5, 5.41) is 9.79. The van der Waals surface area contributed by atoms with Crippen molar-refractivity contribution >= 4 is 29.3 Å². The van der Waals surface area contributed by atoms with Crippen molar-refractivity contribution in [1.29, 1.82) is 0 Å². The Hall–Kier alpha value is -1.85. The summed E-state index contributed by atoms with van der Waals surface area (Å²) in [5.41, 5.74) is 1.02. The van der Waals surface area contributed by atoms with E-state index in [1.165, 1.54) is 25.9 Å². The highest BCUT2D eigenvalue weighted by atomic mass is 35.5. The second-order valence-corrected chi connectivity index (χ2v) is 5.61. The minimum absolute atomic E-state index is 0. The number of hydrogen-bond acceptors (Lipinski definition) is 4. The zero-order valence-electron chi connectivity index (χ0n) is 12.9. The Bertz CT molecular complexity index is 672. The van der Waals surface area contributed by atoms with E-state index < -0.39 is 5.97 Å². The highest BCUT2D eigenvalue weighted by Crippen LogP contribution is 2.18. The lowest BCUT2D eigenvalue weighted by Crippen LogP contribution is -2.21. The number of aromatic nitrogens is 1. The van der Waals surface area contributed by atoms with Crippen LogP contribution in [-0.4, -0.2) is 47.2 Å². The van der Waals surface area contributed by atoms with Crippen molar-refractivity contribution in [3.8, 4) is 5.88 Å². The fraction of sp³-hybridized carbons (Fsp3) is 0.412. The van der Waals surface area contributed by atoms with Crippen molar-refractivity contribution in [1.82, 2.24) is 9.88 Å². The molecule has 1 N–H and O–H groups in total. The molecule has 5 nitrogen and oxygen atoms in total. The number of carbonyl (C=O) groups is 1. The molecule has 1 aliphatic rings. The average molecular weight is 337 g/mol. The Labute approximate surface area is 141 Å². The second kappa shape index (κ2) is 8.13. The van der Waals surface area contributed by atoms with E-state index in [0.29, 0.717) is 12.5 Å². The smallest absolute Gasteiger partial charge is 0.335 e. The van der Waals surface area contributed by atoms with Gasteiger partial charge in [-0.1, -0.05) is 0 Å². The predicted octanol–water partition coefficient (Wildman–Crippen LogP) is 3.22. The van der Waals surface area contributed by atoms with Gasteiger partial charge in [-0.05, 0) is 56.6 Å². The number of halogens is 1. The summed E-state index contributed by atoms with van der Waals surface area (Å²) in [6.45, 7) is 4.15. The number of carboxylic acid groups (broad SMARTS) is 1. The summed E-state index contributed by atoms with van der Waals surface area (Å²) >= 11 is 0. The van der Waals surface area contributed by atoms with Gasteiger partial charge < -0.3 is 14.7 Å². The van der Waals surface area contributed by atoms with Gasteiger partial charge >= 0.3 is 5.97 Å². The molecule has 0 aliphatic carbocycles. The van der Waals surface area contributed by atoms with Gasteiger partial charge in [-0.15, -0.1) is 12.4 Å². The summed E-state index contributed by atoms with van der Waals surface area (Å²) < 4.78 is 5.70. The molecule has 0 atom stereocenters. The van der Waals surface area contributed by atoms with Gasteiger partial charge in [0.1, 0.15) is 0 Å². The van der Waals surface area contributed by atoms with Crippen LogP contribution in [0.4, 0.5) is 0 Å². The zero-order valence-corrected chi connectivity index (χ0v) is 13.7. The first kappa shape index (κ1) is 17.5. The van der Waals surface area contributed by atoms with Crippen molar-refractivity contribution in [2.45, 2.75) is 19.3 Å². The molecule has 0 amide bonds. The number of nitrogens with zero attached hydrogens (tertiary/aromatic N) is 2. The fourth-order valence-corrected chi connectivity index (χ4v) is 2.79. The molecule has 23 heavy (non-hydrogen) atoms. The normalized spacial score (nSPS) is 14.6. The number of aromatic carboxylic acids is 1. The molecule has 2 aromatic rings. The number of ether oxygens (including phenoxy) is 1. The summed E-state index contributed by atoms with van der Waals surface area (Å²) in [7, 11) is 0.